The van der Waals surface area contributed by atoms with Gasteiger partial charge in [-0.1, -0.05) is 69.3 Å². The second-order valence-electron chi connectivity index (χ2n) is 7.05. The van der Waals surface area contributed by atoms with E-state index in [0.29, 0.717) is 5.92 Å². The second kappa shape index (κ2) is 7.11. The highest BCUT2D eigenvalue weighted by Gasteiger charge is 2.36. The van der Waals surface area contributed by atoms with Crippen molar-refractivity contribution in [3.63, 3.8) is 0 Å². The van der Waals surface area contributed by atoms with Crippen molar-refractivity contribution in [1.29, 1.82) is 0 Å². The Labute approximate surface area is 144 Å². The third-order valence-electron chi connectivity index (χ3n) is 4.79. The highest BCUT2D eigenvalue weighted by atomic mass is 32.2. The molecular formula is C21H27NS. The van der Waals surface area contributed by atoms with Crippen molar-refractivity contribution in [3.8, 4) is 0 Å². The first-order chi connectivity index (χ1) is 11.1. The molecule has 0 unspecified atom stereocenters. The van der Waals surface area contributed by atoms with Crippen molar-refractivity contribution in [3.05, 3.63) is 65.7 Å². The van der Waals surface area contributed by atoms with Crippen molar-refractivity contribution in [2.24, 2.45) is 5.92 Å². The van der Waals surface area contributed by atoms with E-state index in [1.165, 1.54) is 22.4 Å². The molecule has 2 aromatic carbocycles. The van der Waals surface area contributed by atoms with Gasteiger partial charge in [-0.05, 0) is 36.0 Å². The number of thioether (sulfide) groups is 1. The summed E-state index contributed by atoms with van der Waals surface area (Å²) in [5, 5.41) is 4.06. The molecular weight excluding hydrogens is 298 g/mol. The number of nitrogens with one attached hydrogen (secondary N) is 1. The van der Waals surface area contributed by atoms with Gasteiger partial charge >= 0.3 is 0 Å². The molecule has 2 atom stereocenters. The fraction of sp³-hybridized carbons (Fsp3) is 0.429. The summed E-state index contributed by atoms with van der Waals surface area (Å²) in [4.78, 5) is 1.42. The van der Waals surface area contributed by atoms with Crippen LogP contribution in [0.2, 0.25) is 0 Å². The van der Waals surface area contributed by atoms with Crippen LogP contribution in [0.5, 0.6) is 0 Å². The molecule has 1 aliphatic heterocycles. The van der Waals surface area contributed by atoms with E-state index in [2.05, 4.69) is 80.7 Å². The lowest BCUT2D eigenvalue weighted by atomic mass is 9.85. The Kier molecular flexibility index (Phi) is 5.13. The van der Waals surface area contributed by atoms with Gasteiger partial charge in [0.25, 0.3) is 0 Å². The van der Waals surface area contributed by atoms with Gasteiger partial charge in [0.1, 0.15) is 0 Å². The quantitative estimate of drug-likeness (QED) is 0.777. The summed E-state index contributed by atoms with van der Waals surface area (Å²) >= 11 is 2.02. The van der Waals surface area contributed by atoms with E-state index in [9.17, 15) is 0 Å². The van der Waals surface area contributed by atoms with E-state index < -0.39 is 0 Å². The molecule has 0 amide bonds. The molecule has 1 N–H and O–H groups in total. The maximum atomic E-state index is 4.06. The molecule has 0 saturated carbocycles. The molecule has 0 radical (unpaired) electrons. The van der Waals surface area contributed by atoms with Crippen LogP contribution in [-0.4, -0.2) is 11.3 Å². The molecule has 122 valence electrons. The minimum atomic E-state index is 0.193. The van der Waals surface area contributed by atoms with Crippen LogP contribution in [0.25, 0.3) is 0 Å². The van der Waals surface area contributed by atoms with Crippen LogP contribution >= 0.6 is 11.8 Å². The normalized spacial score (nSPS) is 24.3. The lowest BCUT2D eigenvalue weighted by Crippen LogP contribution is -2.49. The molecule has 0 aromatic heterocycles. The number of benzene rings is 2. The average Bonchev–Trinajstić information content (AvgIpc) is 2.73. The van der Waals surface area contributed by atoms with Gasteiger partial charge in [0, 0.05) is 16.2 Å². The van der Waals surface area contributed by atoms with E-state index in [0.717, 1.165) is 12.2 Å². The van der Waals surface area contributed by atoms with Crippen LogP contribution in [0.1, 0.15) is 50.8 Å². The van der Waals surface area contributed by atoms with Crippen LogP contribution in [0.15, 0.2) is 59.5 Å². The molecule has 2 aromatic rings. The Bertz CT molecular complexity index is 637. The monoisotopic (exact) mass is 325 g/mol. The Morgan fingerprint density at radius 3 is 2.48 bits per heavy atom. The van der Waals surface area contributed by atoms with E-state index >= 15 is 0 Å². The molecule has 0 saturated heterocycles. The number of rotatable bonds is 4. The van der Waals surface area contributed by atoms with Crippen LogP contribution < -0.4 is 5.32 Å². The summed E-state index contributed by atoms with van der Waals surface area (Å²) in [6.07, 6.45) is 2.38. The first-order valence-electron chi connectivity index (χ1n) is 8.68. The predicted molar refractivity (Wildman–Crippen MR) is 101 cm³/mol. The molecule has 0 spiro atoms. The second-order valence-corrected chi connectivity index (χ2v) is 8.06. The van der Waals surface area contributed by atoms with Gasteiger partial charge in [-0.2, -0.15) is 0 Å². The van der Waals surface area contributed by atoms with Crippen molar-refractivity contribution >= 4 is 11.8 Å². The van der Waals surface area contributed by atoms with Gasteiger partial charge in [0.15, 0.2) is 0 Å². The zero-order valence-electron chi connectivity index (χ0n) is 14.4. The van der Waals surface area contributed by atoms with Gasteiger partial charge in [0.05, 0.1) is 6.04 Å². The molecule has 1 heterocycles. The van der Waals surface area contributed by atoms with Gasteiger partial charge in [0.2, 0.25) is 0 Å². The molecule has 0 fully saturated rings. The van der Waals surface area contributed by atoms with Gasteiger partial charge in [-0.15, -0.1) is 11.8 Å². The Balaban J connectivity index is 2.05. The highest BCUT2D eigenvalue weighted by Crippen LogP contribution is 2.40. The lowest BCUT2D eigenvalue weighted by molar-refractivity contribution is 0.272. The van der Waals surface area contributed by atoms with Crippen LogP contribution in [0.4, 0.5) is 0 Å². The number of fused-ring (bicyclic) bond motifs is 1. The molecule has 23 heavy (non-hydrogen) atoms. The van der Waals surface area contributed by atoms with Crippen LogP contribution in [0, 0.1) is 5.92 Å². The van der Waals surface area contributed by atoms with Crippen molar-refractivity contribution in [2.75, 3.05) is 5.75 Å². The largest absolute Gasteiger partial charge is 0.300 e. The number of hydrogen-bond donors (Lipinski definition) is 1. The van der Waals surface area contributed by atoms with Gasteiger partial charge < -0.3 is 0 Å². The first kappa shape index (κ1) is 16.6. The summed E-state index contributed by atoms with van der Waals surface area (Å²) in [6, 6.07) is 20.1. The van der Waals surface area contributed by atoms with Crippen molar-refractivity contribution in [2.45, 2.75) is 50.1 Å². The van der Waals surface area contributed by atoms with Crippen molar-refractivity contribution in [1.82, 2.24) is 5.32 Å². The third kappa shape index (κ3) is 3.64. The van der Waals surface area contributed by atoms with Gasteiger partial charge in [-0.3, -0.25) is 5.32 Å². The summed E-state index contributed by atoms with van der Waals surface area (Å²) in [6.45, 7) is 6.99. The smallest absolute Gasteiger partial charge is 0.0592 e. The van der Waals surface area contributed by atoms with Crippen LogP contribution in [-0.2, 0) is 0 Å². The van der Waals surface area contributed by atoms with E-state index in [4.69, 9.17) is 0 Å². The average molecular weight is 326 g/mol. The highest BCUT2D eigenvalue weighted by molar-refractivity contribution is 7.99. The lowest BCUT2D eigenvalue weighted by Gasteiger charge is -2.37. The SMILES string of the molecule is CC[C@@]1(CC(C)C)CSc2ccccc2[C@H](c2ccccc2)N1. The maximum absolute atomic E-state index is 4.06. The Morgan fingerprint density at radius 1 is 1.09 bits per heavy atom. The molecule has 0 bridgehead atoms. The summed E-state index contributed by atoms with van der Waals surface area (Å²) < 4.78 is 0. The van der Waals surface area contributed by atoms with E-state index in [1.807, 2.05) is 11.8 Å². The molecule has 2 heteroatoms. The van der Waals surface area contributed by atoms with Crippen LogP contribution in [0.3, 0.4) is 0 Å². The molecule has 1 aliphatic rings. The molecule has 0 aliphatic carbocycles. The van der Waals surface area contributed by atoms with E-state index in [-0.39, 0.29) is 11.6 Å². The van der Waals surface area contributed by atoms with Gasteiger partial charge in [-0.25, -0.2) is 0 Å². The summed E-state index contributed by atoms with van der Waals surface area (Å²) in [5.41, 5.74) is 2.98. The van der Waals surface area contributed by atoms with E-state index in [1.54, 1.807) is 0 Å². The standard InChI is InChI=1S/C21H27NS/c1-4-21(14-16(2)3)15-23-19-13-9-8-12-18(19)20(22-21)17-10-6-5-7-11-17/h5-13,16,20,22H,4,14-15H2,1-3H3/t20-,21+/m0/s1. The minimum absolute atomic E-state index is 0.193. The van der Waals surface area contributed by atoms with Crippen molar-refractivity contribution < 1.29 is 0 Å². The fourth-order valence-electron chi connectivity index (χ4n) is 3.65. The third-order valence-corrected chi connectivity index (χ3v) is 6.17. The first-order valence-corrected chi connectivity index (χ1v) is 9.66. The Hall–Kier alpha value is -1.25. The zero-order valence-corrected chi connectivity index (χ0v) is 15.2. The summed E-state index contributed by atoms with van der Waals surface area (Å²) in [7, 11) is 0. The maximum Gasteiger partial charge on any atom is 0.0592 e. The number of hydrogen-bond acceptors (Lipinski definition) is 2. The predicted octanol–water partition coefficient (Wildman–Crippen LogP) is 5.67. The Morgan fingerprint density at radius 2 is 1.78 bits per heavy atom. The molecule has 3 rings (SSSR count). The minimum Gasteiger partial charge on any atom is -0.300 e. The zero-order chi connectivity index (χ0) is 16.3. The fourth-order valence-corrected chi connectivity index (χ4v) is 5.01. The summed E-state index contributed by atoms with van der Waals surface area (Å²) in [5.74, 6) is 1.84. The molecule has 1 nitrogen and oxygen atoms in total. The topological polar surface area (TPSA) is 12.0 Å².